The van der Waals surface area contributed by atoms with Crippen molar-refractivity contribution in [2.45, 2.75) is 31.7 Å². The van der Waals surface area contributed by atoms with Crippen LogP contribution in [0.4, 0.5) is 4.39 Å². The first kappa shape index (κ1) is 15.3. The summed E-state index contributed by atoms with van der Waals surface area (Å²) in [6.45, 7) is 1.69. The third-order valence-corrected chi connectivity index (χ3v) is 4.71. The Bertz CT molecular complexity index is 896. The van der Waals surface area contributed by atoms with Gasteiger partial charge in [0.1, 0.15) is 22.8 Å². The lowest BCUT2D eigenvalue weighted by Crippen LogP contribution is -2.44. The fraction of sp³-hybridized carbons (Fsp3) is 0.312. The van der Waals surface area contributed by atoms with Crippen molar-refractivity contribution in [2.24, 2.45) is 5.73 Å². The highest BCUT2D eigenvalue weighted by Gasteiger charge is 2.39. The molecule has 0 amide bonds. The number of benzene rings is 1. The molecular formula is C16H14ClFN4O2. The smallest absolute Gasteiger partial charge is 0.263 e. The van der Waals surface area contributed by atoms with Crippen LogP contribution in [0.3, 0.4) is 0 Å². The molecule has 0 saturated heterocycles. The molecule has 1 saturated carbocycles. The molecule has 2 aromatic heterocycles. The summed E-state index contributed by atoms with van der Waals surface area (Å²) in [4.78, 5) is 4.38. The SMILES string of the molecule is Cc1onc(-c2c(F)cccc2Cl)c1-c1nc(C2(N)CCC2)no1. The normalized spacial score (nSPS) is 16.2. The standard InChI is InChI=1S/C16H14ClFN4O2/c1-8-11(14-20-15(22-24-14)16(19)6-3-7-16)13(21-23-8)12-9(17)4-2-5-10(12)18/h2,4-5H,3,6-7,19H2,1H3. The highest BCUT2D eigenvalue weighted by Crippen LogP contribution is 2.41. The molecule has 0 bridgehead atoms. The molecule has 0 aliphatic heterocycles. The van der Waals surface area contributed by atoms with Gasteiger partial charge in [-0.2, -0.15) is 4.98 Å². The number of hydrogen-bond donors (Lipinski definition) is 1. The number of aryl methyl sites for hydroxylation is 1. The Morgan fingerprint density at radius 3 is 2.67 bits per heavy atom. The molecule has 24 heavy (non-hydrogen) atoms. The minimum Gasteiger partial charge on any atom is -0.360 e. The van der Waals surface area contributed by atoms with Gasteiger partial charge < -0.3 is 14.8 Å². The van der Waals surface area contributed by atoms with E-state index in [1.54, 1.807) is 13.0 Å². The zero-order valence-corrected chi connectivity index (χ0v) is 13.6. The second kappa shape index (κ2) is 5.39. The molecule has 0 radical (unpaired) electrons. The van der Waals surface area contributed by atoms with Crippen molar-refractivity contribution in [2.75, 3.05) is 0 Å². The second-order valence-electron chi connectivity index (χ2n) is 5.99. The highest BCUT2D eigenvalue weighted by molar-refractivity contribution is 6.33. The van der Waals surface area contributed by atoms with E-state index in [1.165, 1.54) is 12.1 Å². The van der Waals surface area contributed by atoms with Crippen LogP contribution in [0.1, 0.15) is 30.8 Å². The predicted molar refractivity (Wildman–Crippen MR) is 84.7 cm³/mol. The molecule has 2 heterocycles. The Labute approximate surface area is 141 Å². The van der Waals surface area contributed by atoms with Crippen LogP contribution in [-0.4, -0.2) is 15.3 Å². The fourth-order valence-corrected chi connectivity index (χ4v) is 3.08. The maximum atomic E-state index is 14.2. The average Bonchev–Trinajstić information content (AvgIpc) is 3.12. The van der Waals surface area contributed by atoms with Gasteiger partial charge in [-0.3, -0.25) is 0 Å². The number of aromatic nitrogens is 3. The van der Waals surface area contributed by atoms with E-state index in [0.717, 1.165) is 19.3 Å². The van der Waals surface area contributed by atoms with E-state index in [2.05, 4.69) is 15.3 Å². The van der Waals surface area contributed by atoms with E-state index in [-0.39, 0.29) is 22.2 Å². The summed E-state index contributed by atoms with van der Waals surface area (Å²) in [5.41, 5.74) is 6.45. The molecule has 3 aromatic rings. The number of hydrogen-bond acceptors (Lipinski definition) is 6. The first-order chi connectivity index (χ1) is 11.5. The van der Waals surface area contributed by atoms with Gasteiger partial charge in [0.05, 0.1) is 16.1 Å². The van der Waals surface area contributed by atoms with Gasteiger partial charge in [0.15, 0.2) is 5.82 Å². The maximum Gasteiger partial charge on any atom is 0.263 e. The largest absolute Gasteiger partial charge is 0.360 e. The third-order valence-electron chi connectivity index (χ3n) is 4.39. The van der Waals surface area contributed by atoms with Crippen LogP contribution in [0, 0.1) is 12.7 Å². The molecule has 1 aliphatic carbocycles. The van der Waals surface area contributed by atoms with E-state index >= 15 is 0 Å². The Kier molecular flexibility index (Phi) is 3.43. The van der Waals surface area contributed by atoms with Crippen LogP contribution >= 0.6 is 11.6 Å². The van der Waals surface area contributed by atoms with Crippen LogP contribution in [0.25, 0.3) is 22.7 Å². The van der Waals surface area contributed by atoms with Gasteiger partial charge in [0.2, 0.25) is 0 Å². The van der Waals surface area contributed by atoms with Crippen molar-refractivity contribution in [3.63, 3.8) is 0 Å². The topological polar surface area (TPSA) is 91.0 Å². The monoisotopic (exact) mass is 348 g/mol. The van der Waals surface area contributed by atoms with Crippen molar-refractivity contribution in [3.05, 3.63) is 40.6 Å². The molecule has 1 fully saturated rings. The summed E-state index contributed by atoms with van der Waals surface area (Å²) < 4.78 is 24.8. The Hall–Kier alpha value is -2.25. The van der Waals surface area contributed by atoms with Crippen LogP contribution in [0.5, 0.6) is 0 Å². The zero-order chi connectivity index (χ0) is 16.9. The number of nitrogens with zero attached hydrogens (tertiary/aromatic N) is 3. The lowest BCUT2D eigenvalue weighted by molar-refractivity contribution is 0.229. The summed E-state index contributed by atoms with van der Waals surface area (Å²) in [5.74, 6) is 0.551. The summed E-state index contributed by atoms with van der Waals surface area (Å²) in [6, 6.07) is 4.40. The first-order valence-electron chi connectivity index (χ1n) is 7.54. The Morgan fingerprint density at radius 1 is 1.21 bits per heavy atom. The van der Waals surface area contributed by atoms with Gasteiger partial charge >= 0.3 is 0 Å². The van der Waals surface area contributed by atoms with E-state index in [0.29, 0.717) is 17.1 Å². The van der Waals surface area contributed by atoms with Crippen LogP contribution in [0.15, 0.2) is 27.2 Å². The van der Waals surface area contributed by atoms with Gasteiger partial charge in [-0.1, -0.05) is 28.0 Å². The molecular weight excluding hydrogens is 335 g/mol. The van der Waals surface area contributed by atoms with E-state index < -0.39 is 11.4 Å². The molecule has 8 heteroatoms. The molecule has 124 valence electrons. The van der Waals surface area contributed by atoms with Crippen molar-refractivity contribution in [1.82, 2.24) is 15.3 Å². The van der Waals surface area contributed by atoms with Crippen molar-refractivity contribution in [3.8, 4) is 22.7 Å². The quantitative estimate of drug-likeness (QED) is 0.773. The minimum absolute atomic E-state index is 0.136. The second-order valence-corrected chi connectivity index (χ2v) is 6.40. The van der Waals surface area contributed by atoms with Crippen molar-refractivity contribution in [1.29, 1.82) is 0 Å². The molecule has 0 unspecified atom stereocenters. The molecule has 1 aromatic carbocycles. The molecule has 1 aliphatic rings. The number of rotatable bonds is 3. The number of nitrogens with two attached hydrogens (primary N) is 1. The van der Waals surface area contributed by atoms with Gasteiger partial charge in [0, 0.05) is 0 Å². The van der Waals surface area contributed by atoms with Crippen LogP contribution in [0.2, 0.25) is 5.02 Å². The predicted octanol–water partition coefficient (Wildman–Crippen LogP) is 3.83. The maximum absolute atomic E-state index is 14.2. The summed E-state index contributed by atoms with van der Waals surface area (Å²) in [5, 5.41) is 8.13. The van der Waals surface area contributed by atoms with Crippen molar-refractivity contribution < 1.29 is 13.4 Å². The Morgan fingerprint density at radius 2 is 2.00 bits per heavy atom. The summed E-state index contributed by atoms with van der Waals surface area (Å²) >= 11 is 6.13. The van der Waals surface area contributed by atoms with Gasteiger partial charge in [-0.25, -0.2) is 4.39 Å². The van der Waals surface area contributed by atoms with Crippen LogP contribution < -0.4 is 5.73 Å². The van der Waals surface area contributed by atoms with Gasteiger partial charge in [0.25, 0.3) is 5.89 Å². The van der Waals surface area contributed by atoms with E-state index in [1.807, 2.05) is 0 Å². The lowest BCUT2D eigenvalue weighted by Gasteiger charge is -2.34. The summed E-state index contributed by atoms with van der Waals surface area (Å²) in [7, 11) is 0. The molecule has 2 N–H and O–H groups in total. The molecule has 0 spiro atoms. The zero-order valence-electron chi connectivity index (χ0n) is 12.8. The van der Waals surface area contributed by atoms with Crippen molar-refractivity contribution >= 4 is 11.6 Å². The van der Waals surface area contributed by atoms with E-state index in [4.69, 9.17) is 26.4 Å². The molecule has 6 nitrogen and oxygen atoms in total. The average molecular weight is 349 g/mol. The number of halogens is 2. The minimum atomic E-state index is -0.553. The Balaban J connectivity index is 1.84. The van der Waals surface area contributed by atoms with Gasteiger partial charge in [-0.05, 0) is 38.3 Å². The highest BCUT2D eigenvalue weighted by atomic mass is 35.5. The fourth-order valence-electron chi connectivity index (χ4n) is 2.83. The first-order valence-corrected chi connectivity index (χ1v) is 7.91. The van der Waals surface area contributed by atoms with Gasteiger partial charge in [-0.15, -0.1) is 0 Å². The molecule has 0 atom stereocenters. The third kappa shape index (κ3) is 2.23. The van der Waals surface area contributed by atoms with E-state index in [9.17, 15) is 4.39 Å². The summed E-state index contributed by atoms with van der Waals surface area (Å²) in [6.07, 6.45) is 2.64. The van der Waals surface area contributed by atoms with Crippen LogP contribution in [-0.2, 0) is 5.54 Å². The lowest BCUT2D eigenvalue weighted by atomic mass is 9.77. The molecule has 4 rings (SSSR count).